The van der Waals surface area contributed by atoms with Crippen LogP contribution in [-0.2, 0) is 0 Å². The number of pyridine rings is 1. The van der Waals surface area contributed by atoms with Crippen LogP contribution in [0.5, 0.6) is 0 Å². The van der Waals surface area contributed by atoms with Gasteiger partial charge in [0.25, 0.3) is 0 Å². The minimum absolute atomic E-state index is 0.231. The summed E-state index contributed by atoms with van der Waals surface area (Å²) >= 11 is 0. The number of aromatic nitrogens is 1. The lowest BCUT2D eigenvalue weighted by Crippen LogP contribution is -2.39. The van der Waals surface area contributed by atoms with Crippen molar-refractivity contribution < 1.29 is 4.79 Å². The van der Waals surface area contributed by atoms with Crippen molar-refractivity contribution in [2.75, 3.05) is 23.3 Å². The highest BCUT2D eigenvalue weighted by Crippen LogP contribution is 2.41. The summed E-state index contributed by atoms with van der Waals surface area (Å²) in [5.74, 6) is 0.946. The van der Waals surface area contributed by atoms with E-state index in [1.165, 1.54) is 5.56 Å². The Morgan fingerprint density at radius 2 is 1.87 bits per heavy atom. The Morgan fingerprint density at radius 1 is 1.10 bits per heavy atom. The smallest absolute Gasteiger partial charge is 0.316 e. The molecule has 1 aromatic heterocycles. The molecule has 0 aliphatic carbocycles. The van der Waals surface area contributed by atoms with Crippen LogP contribution in [0.25, 0.3) is 17.0 Å². The number of fused-ring (bicyclic) bond motifs is 1. The van der Waals surface area contributed by atoms with Gasteiger partial charge >= 0.3 is 6.03 Å². The highest BCUT2D eigenvalue weighted by Gasteiger charge is 2.33. The van der Waals surface area contributed by atoms with Crippen molar-refractivity contribution >= 4 is 23.2 Å². The van der Waals surface area contributed by atoms with Crippen LogP contribution in [0, 0.1) is 6.92 Å². The normalized spacial score (nSPS) is 18.5. The second kappa shape index (κ2) is 8.00. The van der Waals surface area contributed by atoms with E-state index in [1.807, 2.05) is 42.5 Å². The van der Waals surface area contributed by atoms with Gasteiger partial charge in [0.1, 0.15) is 5.82 Å². The molecular weight excluding hydrogens is 384 g/mol. The van der Waals surface area contributed by atoms with Crippen molar-refractivity contribution in [2.24, 2.45) is 0 Å². The number of anilines is 2. The Kier molecular flexibility index (Phi) is 5.04. The molecule has 156 valence electrons. The summed E-state index contributed by atoms with van der Waals surface area (Å²) in [5.41, 5.74) is 6.74. The van der Waals surface area contributed by atoms with E-state index in [-0.39, 0.29) is 6.03 Å². The zero-order valence-electron chi connectivity index (χ0n) is 17.7. The zero-order valence-corrected chi connectivity index (χ0v) is 17.7. The van der Waals surface area contributed by atoms with E-state index < -0.39 is 0 Å². The van der Waals surface area contributed by atoms with Crippen molar-refractivity contribution in [3.8, 4) is 11.3 Å². The number of carbonyl (C=O) groups is 1. The number of nitrogens with zero attached hydrogens (tertiary/aromatic N) is 2. The van der Waals surface area contributed by atoms with Crippen molar-refractivity contribution in [1.29, 1.82) is 0 Å². The Morgan fingerprint density at radius 3 is 2.61 bits per heavy atom. The van der Waals surface area contributed by atoms with Crippen molar-refractivity contribution in [3.63, 3.8) is 0 Å². The molecule has 3 aromatic rings. The Hall–Kier alpha value is -3.44. The summed E-state index contributed by atoms with van der Waals surface area (Å²) < 4.78 is 0. The summed E-state index contributed by atoms with van der Waals surface area (Å²) in [6, 6.07) is 19.8. The van der Waals surface area contributed by atoms with Crippen LogP contribution in [0.3, 0.4) is 0 Å². The molecule has 0 radical (unpaired) electrons. The lowest BCUT2D eigenvalue weighted by Gasteiger charge is -2.35. The fourth-order valence-corrected chi connectivity index (χ4v) is 4.64. The van der Waals surface area contributed by atoms with E-state index in [1.54, 1.807) is 4.90 Å². The van der Waals surface area contributed by atoms with Gasteiger partial charge in [-0.15, -0.1) is 0 Å². The molecule has 2 N–H and O–H groups in total. The minimum Gasteiger partial charge on any atom is -0.316 e. The van der Waals surface area contributed by atoms with Gasteiger partial charge in [0.15, 0.2) is 0 Å². The fraction of sp³-hybridized carbons (Fsp3) is 0.231. The number of rotatable bonds is 3. The molecule has 2 aliphatic rings. The van der Waals surface area contributed by atoms with Gasteiger partial charge in [0.05, 0.1) is 17.1 Å². The number of para-hydroxylation sites is 1. The fourth-order valence-electron chi connectivity index (χ4n) is 4.64. The molecule has 2 aromatic carbocycles. The zero-order chi connectivity index (χ0) is 21.4. The van der Waals surface area contributed by atoms with Crippen LogP contribution in [0.4, 0.5) is 16.3 Å². The van der Waals surface area contributed by atoms with Gasteiger partial charge in [0, 0.05) is 17.7 Å². The molecule has 5 rings (SSSR count). The van der Waals surface area contributed by atoms with Gasteiger partial charge in [-0.2, -0.15) is 0 Å². The molecule has 1 fully saturated rings. The van der Waals surface area contributed by atoms with Crippen LogP contribution in [0.1, 0.15) is 35.4 Å². The molecule has 31 heavy (non-hydrogen) atoms. The van der Waals surface area contributed by atoms with Gasteiger partial charge in [0.2, 0.25) is 0 Å². The third-order valence-electron chi connectivity index (χ3n) is 6.21. The average molecular weight is 411 g/mol. The number of nitrogens with one attached hydrogen (secondary N) is 2. The third-order valence-corrected chi connectivity index (χ3v) is 6.21. The maximum Gasteiger partial charge on any atom is 0.332 e. The van der Waals surface area contributed by atoms with E-state index >= 15 is 0 Å². The monoisotopic (exact) mass is 410 g/mol. The molecule has 0 saturated carbocycles. The van der Waals surface area contributed by atoms with Crippen LogP contribution in [-0.4, -0.2) is 24.1 Å². The van der Waals surface area contributed by atoms with E-state index in [0.717, 1.165) is 54.0 Å². The van der Waals surface area contributed by atoms with E-state index in [2.05, 4.69) is 42.3 Å². The summed E-state index contributed by atoms with van der Waals surface area (Å²) in [6.45, 7) is 8.39. The molecule has 0 bridgehead atoms. The van der Waals surface area contributed by atoms with Crippen molar-refractivity contribution in [2.45, 2.75) is 25.7 Å². The highest BCUT2D eigenvalue weighted by molar-refractivity contribution is 6.16. The van der Waals surface area contributed by atoms with Gasteiger partial charge < -0.3 is 5.32 Å². The first-order valence-electron chi connectivity index (χ1n) is 10.8. The first-order chi connectivity index (χ1) is 15.1. The number of hydrogen-bond acceptors (Lipinski definition) is 3. The van der Waals surface area contributed by atoms with Gasteiger partial charge in [-0.3, -0.25) is 10.2 Å². The molecular formula is C26H26N4O. The highest BCUT2D eigenvalue weighted by atomic mass is 16.2. The second-order valence-electron chi connectivity index (χ2n) is 8.23. The van der Waals surface area contributed by atoms with E-state index in [4.69, 9.17) is 4.98 Å². The lowest BCUT2D eigenvalue weighted by atomic mass is 9.86. The number of benzene rings is 2. The predicted molar refractivity (Wildman–Crippen MR) is 126 cm³/mol. The molecule has 5 heteroatoms. The molecule has 1 unspecified atom stereocenters. The number of aryl methyl sites for hydroxylation is 1. The van der Waals surface area contributed by atoms with E-state index in [0.29, 0.717) is 17.4 Å². The summed E-state index contributed by atoms with van der Waals surface area (Å²) in [4.78, 5) is 19.6. The Balaban J connectivity index is 1.68. The maximum absolute atomic E-state index is 13.1. The maximum atomic E-state index is 13.1. The molecule has 2 amide bonds. The minimum atomic E-state index is -0.231. The van der Waals surface area contributed by atoms with Crippen molar-refractivity contribution in [3.05, 3.63) is 83.9 Å². The number of piperidine rings is 1. The Bertz CT molecular complexity index is 1150. The van der Waals surface area contributed by atoms with Crippen LogP contribution >= 0.6 is 0 Å². The lowest BCUT2D eigenvalue weighted by molar-refractivity contribution is 0.258. The number of amides is 2. The topological polar surface area (TPSA) is 57.3 Å². The number of urea groups is 1. The predicted octanol–water partition coefficient (Wildman–Crippen LogP) is 5.55. The first kappa shape index (κ1) is 19.5. The van der Waals surface area contributed by atoms with Gasteiger partial charge in [-0.05, 0) is 61.6 Å². The molecule has 1 atom stereocenters. The molecule has 3 heterocycles. The van der Waals surface area contributed by atoms with Crippen LogP contribution in [0.15, 0.2) is 67.2 Å². The summed E-state index contributed by atoms with van der Waals surface area (Å²) in [5, 5.41) is 6.57. The quantitative estimate of drug-likeness (QED) is 0.595. The standard InChI is InChI=1S/C26H26N4O/c1-17-9-6-7-13-21(17)23-15-22(19-10-8-14-27-16-19)24-18(2)30(20-11-4-3-5-12-20)26(31)29-25(24)28-23/h3-7,9,11-13,15,19,27H,2,8,10,14,16H2,1H3,(H,28,29,31). The molecule has 2 aliphatic heterocycles. The SMILES string of the molecule is C=C1c2c(C3CCCNC3)cc(-c3ccccc3C)nc2NC(=O)N1c1ccccc1. The van der Waals surface area contributed by atoms with Crippen LogP contribution in [0.2, 0.25) is 0 Å². The number of carbonyl (C=O) groups excluding carboxylic acids is 1. The number of hydrogen-bond donors (Lipinski definition) is 2. The summed E-state index contributed by atoms with van der Waals surface area (Å²) in [7, 11) is 0. The third kappa shape index (κ3) is 3.51. The van der Waals surface area contributed by atoms with Gasteiger partial charge in [-0.25, -0.2) is 9.78 Å². The molecule has 1 saturated heterocycles. The molecule has 0 spiro atoms. The van der Waals surface area contributed by atoms with Crippen molar-refractivity contribution in [1.82, 2.24) is 10.3 Å². The Labute approximate surface area is 182 Å². The van der Waals surface area contributed by atoms with E-state index in [9.17, 15) is 4.79 Å². The second-order valence-corrected chi connectivity index (χ2v) is 8.23. The average Bonchev–Trinajstić information content (AvgIpc) is 2.80. The summed E-state index contributed by atoms with van der Waals surface area (Å²) in [6.07, 6.45) is 2.23. The van der Waals surface area contributed by atoms with Crippen LogP contribution < -0.4 is 15.5 Å². The first-order valence-corrected chi connectivity index (χ1v) is 10.8. The largest absolute Gasteiger partial charge is 0.332 e. The molecule has 5 nitrogen and oxygen atoms in total. The van der Waals surface area contributed by atoms with Gasteiger partial charge in [-0.1, -0.05) is 49.0 Å².